The number of carbonyl (C=O) groups is 2. The third-order valence-corrected chi connectivity index (χ3v) is 6.96. The summed E-state index contributed by atoms with van der Waals surface area (Å²) >= 11 is 0. The quantitative estimate of drug-likeness (QED) is 0.164. The molecule has 0 aliphatic rings. The normalized spacial score (nSPS) is 11.8. The lowest BCUT2D eigenvalue weighted by molar-refractivity contribution is -0.0776. The van der Waals surface area contributed by atoms with Gasteiger partial charge < -0.3 is 9.47 Å². The molecule has 0 aliphatic carbocycles. The Labute approximate surface area is 238 Å². The van der Waals surface area contributed by atoms with Gasteiger partial charge in [0.25, 0.3) is 0 Å². The monoisotopic (exact) mass is 534 g/mol. The van der Waals surface area contributed by atoms with Gasteiger partial charge in [0.2, 0.25) is 0 Å². The van der Waals surface area contributed by atoms with Crippen LogP contribution in [0.25, 0.3) is 0 Å². The van der Waals surface area contributed by atoms with Gasteiger partial charge >= 0.3 is 0 Å². The van der Waals surface area contributed by atoms with Crippen molar-refractivity contribution in [2.75, 3.05) is 6.61 Å². The SMILES string of the molecule is CC(C)(CCOC(C)(C)Cc1ccc(C(=O)c2ccccc2)cc1)OCc1ccc(C(=O)c2ccccc2)cc1. The molecule has 0 radical (unpaired) electrons. The zero-order valence-corrected chi connectivity index (χ0v) is 23.9. The first-order chi connectivity index (χ1) is 19.1. The number of carbonyl (C=O) groups excluding carboxylic acids is 2. The molecule has 4 rings (SSSR count). The van der Waals surface area contributed by atoms with Crippen molar-refractivity contribution in [3.8, 4) is 0 Å². The summed E-state index contributed by atoms with van der Waals surface area (Å²) in [6, 6.07) is 34.0. The van der Waals surface area contributed by atoms with Gasteiger partial charge in [-0.15, -0.1) is 0 Å². The van der Waals surface area contributed by atoms with Crippen LogP contribution in [0.2, 0.25) is 0 Å². The maximum Gasteiger partial charge on any atom is 0.193 e. The first-order valence-corrected chi connectivity index (χ1v) is 13.8. The van der Waals surface area contributed by atoms with E-state index in [0.717, 1.165) is 24.0 Å². The number of ether oxygens (including phenoxy) is 2. The van der Waals surface area contributed by atoms with Crippen molar-refractivity contribution in [3.05, 3.63) is 143 Å². The molecule has 0 heterocycles. The smallest absolute Gasteiger partial charge is 0.193 e. The average molecular weight is 535 g/mol. The molecule has 0 saturated carbocycles. The highest BCUT2D eigenvalue weighted by molar-refractivity contribution is 6.09. The third-order valence-electron chi connectivity index (χ3n) is 6.96. The number of rotatable bonds is 13. The predicted octanol–water partition coefficient (Wildman–Crippen LogP) is 7.87. The Kier molecular flexibility index (Phi) is 9.46. The first-order valence-electron chi connectivity index (χ1n) is 13.8. The number of benzene rings is 4. The van der Waals surface area contributed by atoms with Gasteiger partial charge in [0.15, 0.2) is 11.6 Å². The molecule has 0 unspecified atom stereocenters. The molecule has 4 nitrogen and oxygen atoms in total. The van der Waals surface area contributed by atoms with Crippen molar-refractivity contribution in [2.24, 2.45) is 0 Å². The van der Waals surface area contributed by atoms with E-state index in [2.05, 4.69) is 27.7 Å². The molecule has 4 aromatic rings. The molecule has 0 atom stereocenters. The van der Waals surface area contributed by atoms with Crippen LogP contribution < -0.4 is 0 Å². The van der Waals surface area contributed by atoms with Crippen LogP contribution in [0.3, 0.4) is 0 Å². The standard InChI is InChI=1S/C36H38O4/c1-35(2,40-26-28-17-21-32(22-18-28)34(38)30-13-9-6-10-14-30)23-24-39-36(3,4)25-27-15-19-31(20-16-27)33(37)29-11-7-5-8-12-29/h5-22H,23-26H2,1-4H3. The predicted molar refractivity (Wildman–Crippen MR) is 160 cm³/mol. The molecule has 0 saturated heterocycles. The van der Waals surface area contributed by atoms with Crippen molar-refractivity contribution < 1.29 is 19.1 Å². The van der Waals surface area contributed by atoms with Crippen LogP contribution in [0, 0.1) is 0 Å². The third kappa shape index (κ3) is 8.32. The molecule has 0 amide bonds. The Bertz CT molecular complexity index is 1390. The van der Waals surface area contributed by atoms with Gasteiger partial charge in [-0.3, -0.25) is 9.59 Å². The molecule has 0 aliphatic heterocycles. The summed E-state index contributed by atoms with van der Waals surface area (Å²) in [4.78, 5) is 25.3. The van der Waals surface area contributed by atoms with E-state index < -0.39 is 0 Å². The number of ketones is 2. The van der Waals surface area contributed by atoms with E-state index in [1.54, 1.807) is 0 Å². The second-order valence-corrected chi connectivity index (χ2v) is 11.4. The van der Waals surface area contributed by atoms with Gasteiger partial charge in [0, 0.05) is 28.7 Å². The van der Waals surface area contributed by atoms with E-state index in [1.807, 2.05) is 109 Å². The minimum Gasteiger partial charge on any atom is -0.375 e. The molecule has 0 spiro atoms. The lowest BCUT2D eigenvalue weighted by Gasteiger charge is -2.30. The van der Waals surface area contributed by atoms with Crippen LogP contribution in [0.15, 0.2) is 109 Å². The average Bonchev–Trinajstić information content (AvgIpc) is 2.96. The lowest BCUT2D eigenvalue weighted by Crippen LogP contribution is -2.32. The highest BCUT2D eigenvalue weighted by Gasteiger charge is 2.23. The maximum atomic E-state index is 12.7. The van der Waals surface area contributed by atoms with Crippen LogP contribution in [0.4, 0.5) is 0 Å². The molecule has 0 N–H and O–H groups in total. The van der Waals surface area contributed by atoms with Crippen LogP contribution >= 0.6 is 0 Å². The second kappa shape index (κ2) is 13.0. The molecule has 4 aromatic carbocycles. The molecule has 4 heteroatoms. The molecular formula is C36H38O4. The highest BCUT2D eigenvalue weighted by Crippen LogP contribution is 2.23. The summed E-state index contributed by atoms with van der Waals surface area (Å²) in [6.07, 6.45) is 1.48. The van der Waals surface area contributed by atoms with Gasteiger partial charge in [-0.2, -0.15) is 0 Å². The summed E-state index contributed by atoms with van der Waals surface area (Å²) in [5.41, 5.74) is 4.15. The van der Waals surface area contributed by atoms with Crippen molar-refractivity contribution in [3.63, 3.8) is 0 Å². The van der Waals surface area contributed by atoms with Crippen LogP contribution in [-0.2, 0) is 22.5 Å². The Morgan fingerprint density at radius 1 is 0.525 bits per heavy atom. The Morgan fingerprint density at radius 3 is 1.43 bits per heavy atom. The van der Waals surface area contributed by atoms with E-state index in [-0.39, 0.29) is 22.8 Å². The summed E-state index contributed by atoms with van der Waals surface area (Å²) in [5, 5.41) is 0. The van der Waals surface area contributed by atoms with E-state index in [9.17, 15) is 9.59 Å². The fourth-order valence-electron chi connectivity index (χ4n) is 4.51. The van der Waals surface area contributed by atoms with Crippen LogP contribution in [-0.4, -0.2) is 29.4 Å². The van der Waals surface area contributed by atoms with Gasteiger partial charge in [0.05, 0.1) is 24.4 Å². The molecular weight excluding hydrogens is 496 g/mol. The minimum atomic E-state index is -0.367. The van der Waals surface area contributed by atoms with E-state index in [0.29, 0.717) is 35.5 Å². The minimum absolute atomic E-state index is 0.0183. The summed E-state index contributed by atoms with van der Waals surface area (Å²) < 4.78 is 12.5. The van der Waals surface area contributed by atoms with Crippen LogP contribution in [0.1, 0.15) is 77.1 Å². The lowest BCUT2D eigenvalue weighted by atomic mass is 9.95. The molecule has 0 bridgehead atoms. The van der Waals surface area contributed by atoms with Gasteiger partial charge in [-0.05, 0) is 45.2 Å². The second-order valence-electron chi connectivity index (χ2n) is 11.4. The summed E-state index contributed by atoms with van der Waals surface area (Å²) in [7, 11) is 0. The van der Waals surface area contributed by atoms with Gasteiger partial charge in [0.1, 0.15) is 0 Å². The molecule has 0 fully saturated rings. The molecule has 40 heavy (non-hydrogen) atoms. The summed E-state index contributed by atoms with van der Waals surface area (Å²) in [5.74, 6) is 0.0475. The fraction of sp³-hybridized carbons (Fsp3) is 0.278. The molecule has 206 valence electrons. The number of hydrogen-bond donors (Lipinski definition) is 0. The number of hydrogen-bond acceptors (Lipinski definition) is 4. The topological polar surface area (TPSA) is 52.6 Å². The zero-order valence-electron chi connectivity index (χ0n) is 23.9. The Balaban J connectivity index is 1.22. The Morgan fingerprint density at radius 2 is 0.950 bits per heavy atom. The van der Waals surface area contributed by atoms with Crippen molar-refractivity contribution in [2.45, 2.75) is 58.3 Å². The van der Waals surface area contributed by atoms with Crippen molar-refractivity contribution in [1.82, 2.24) is 0 Å². The van der Waals surface area contributed by atoms with Crippen LogP contribution in [0.5, 0.6) is 0 Å². The van der Waals surface area contributed by atoms with Crippen molar-refractivity contribution >= 4 is 11.6 Å². The van der Waals surface area contributed by atoms with E-state index in [4.69, 9.17) is 9.47 Å². The highest BCUT2D eigenvalue weighted by atomic mass is 16.5. The van der Waals surface area contributed by atoms with E-state index in [1.165, 1.54) is 0 Å². The largest absolute Gasteiger partial charge is 0.375 e. The van der Waals surface area contributed by atoms with Gasteiger partial charge in [-0.25, -0.2) is 0 Å². The van der Waals surface area contributed by atoms with Gasteiger partial charge in [-0.1, -0.05) is 109 Å². The van der Waals surface area contributed by atoms with E-state index >= 15 is 0 Å². The fourth-order valence-corrected chi connectivity index (χ4v) is 4.51. The van der Waals surface area contributed by atoms with Crippen molar-refractivity contribution in [1.29, 1.82) is 0 Å². The maximum absolute atomic E-state index is 12.7. The Hall–Kier alpha value is -3.86. The zero-order chi connectivity index (χ0) is 28.6. The first kappa shape index (κ1) is 29.1. The molecule has 0 aromatic heterocycles. The summed E-state index contributed by atoms with van der Waals surface area (Å²) in [6.45, 7) is 9.34.